The number of piperidine rings is 1. The number of carbonyl (C=O) groups is 2. The SMILES string of the molecule is O=C(Nc1ccccc1)C1CC2CN(C(=O)Nc3ccccc3)CCC2N1CC1CC1. The Labute approximate surface area is 183 Å². The number of rotatable bonds is 5. The van der Waals surface area contributed by atoms with Crippen LogP contribution in [0.3, 0.4) is 0 Å². The number of para-hydroxylation sites is 2. The Morgan fingerprint density at radius 1 is 0.871 bits per heavy atom. The van der Waals surface area contributed by atoms with Crippen LogP contribution < -0.4 is 10.6 Å². The molecule has 0 aromatic heterocycles. The highest BCUT2D eigenvalue weighted by atomic mass is 16.2. The van der Waals surface area contributed by atoms with Gasteiger partial charge in [-0.05, 0) is 61.8 Å². The predicted molar refractivity (Wildman–Crippen MR) is 122 cm³/mol. The van der Waals surface area contributed by atoms with Gasteiger partial charge in [-0.3, -0.25) is 9.69 Å². The number of urea groups is 1. The summed E-state index contributed by atoms with van der Waals surface area (Å²) >= 11 is 0. The zero-order valence-electron chi connectivity index (χ0n) is 17.7. The first-order valence-electron chi connectivity index (χ1n) is 11.4. The van der Waals surface area contributed by atoms with E-state index in [1.54, 1.807) is 0 Å². The van der Waals surface area contributed by atoms with Crippen LogP contribution in [-0.4, -0.2) is 53.5 Å². The molecule has 162 valence electrons. The van der Waals surface area contributed by atoms with Crippen LogP contribution in [0.2, 0.25) is 0 Å². The number of nitrogens with zero attached hydrogens (tertiary/aromatic N) is 2. The lowest BCUT2D eigenvalue weighted by Gasteiger charge is -2.38. The molecule has 2 N–H and O–H groups in total. The monoisotopic (exact) mass is 418 g/mol. The topological polar surface area (TPSA) is 64.7 Å². The lowest BCUT2D eigenvalue weighted by atomic mass is 9.92. The van der Waals surface area contributed by atoms with Gasteiger partial charge in [-0.15, -0.1) is 0 Å². The van der Waals surface area contributed by atoms with Crippen LogP contribution in [0.1, 0.15) is 25.7 Å². The molecule has 6 nitrogen and oxygen atoms in total. The van der Waals surface area contributed by atoms with Gasteiger partial charge in [0.2, 0.25) is 5.91 Å². The summed E-state index contributed by atoms with van der Waals surface area (Å²) in [5.74, 6) is 1.15. The molecule has 2 aromatic rings. The Bertz CT molecular complexity index is 916. The molecule has 31 heavy (non-hydrogen) atoms. The summed E-state index contributed by atoms with van der Waals surface area (Å²) in [6.07, 6.45) is 4.28. The zero-order chi connectivity index (χ0) is 21.2. The fourth-order valence-electron chi connectivity index (χ4n) is 5.12. The number of likely N-dealkylation sites (tertiary alicyclic amines) is 2. The maximum atomic E-state index is 13.2. The maximum Gasteiger partial charge on any atom is 0.321 e. The molecule has 6 heteroatoms. The number of carbonyl (C=O) groups excluding carboxylic acids is 2. The van der Waals surface area contributed by atoms with Gasteiger partial charge in [-0.1, -0.05) is 36.4 Å². The molecule has 0 spiro atoms. The third kappa shape index (κ3) is 4.59. The van der Waals surface area contributed by atoms with Crippen molar-refractivity contribution < 1.29 is 9.59 Å². The highest BCUT2D eigenvalue weighted by Crippen LogP contribution is 2.40. The van der Waals surface area contributed by atoms with E-state index in [2.05, 4.69) is 15.5 Å². The largest absolute Gasteiger partial charge is 0.325 e. The van der Waals surface area contributed by atoms with E-state index in [1.165, 1.54) is 12.8 Å². The molecule has 1 saturated carbocycles. The van der Waals surface area contributed by atoms with Crippen molar-refractivity contribution in [3.63, 3.8) is 0 Å². The van der Waals surface area contributed by atoms with E-state index in [-0.39, 0.29) is 18.0 Å². The van der Waals surface area contributed by atoms with E-state index in [0.29, 0.717) is 18.5 Å². The Kier molecular flexibility index (Phi) is 5.64. The number of hydrogen-bond acceptors (Lipinski definition) is 3. The number of benzene rings is 2. The Balaban J connectivity index is 1.26. The second-order valence-corrected chi connectivity index (χ2v) is 9.11. The second kappa shape index (κ2) is 8.71. The molecular weight excluding hydrogens is 388 g/mol. The predicted octanol–water partition coefficient (Wildman–Crippen LogP) is 4.03. The summed E-state index contributed by atoms with van der Waals surface area (Å²) in [5.41, 5.74) is 1.66. The molecule has 2 aliphatic heterocycles. The van der Waals surface area contributed by atoms with Crippen LogP contribution in [0.25, 0.3) is 0 Å². The molecule has 3 unspecified atom stereocenters. The highest BCUT2D eigenvalue weighted by Gasteiger charge is 2.48. The standard InChI is InChI=1S/C25H30N4O2/c30-24(26-20-7-3-1-4-8-20)23-15-19-17-28(25(31)27-21-9-5-2-6-10-21)14-13-22(19)29(23)16-18-11-12-18/h1-10,18-19,22-23H,11-17H2,(H,26,30)(H,27,31). The van der Waals surface area contributed by atoms with Crippen LogP contribution >= 0.6 is 0 Å². The molecule has 0 radical (unpaired) electrons. The molecule has 2 aromatic carbocycles. The molecule has 0 bridgehead atoms. The van der Waals surface area contributed by atoms with Crippen molar-refractivity contribution in [3.05, 3.63) is 60.7 Å². The average molecular weight is 419 g/mol. The highest BCUT2D eigenvalue weighted by molar-refractivity contribution is 5.95. The molecule has 3 aliphatic rings. The van der Waals surface area contributed by atoms with Crippen LogP contribution in [0, 0.1) is 11.8 Å². The molecule has 5 rings (SSSR count). The van der Waals surface area contributed by atoms with Crippen LogP contribution in [0.5, 0.6) is 0 Å². The zero-order valence-corrected chi connectivity index (χ0v) is 17.7. The van der Waals surface area contributed by atoms with Crippen LogP contribution in [0.4, 0.5) is 16.2 Å². The van der Waals surface area contributed by atoms with Gasteiger partial charge in [-0.2, -0.15) is 0 Å². The fourth-order valence-corrected chi connectivity index (χ4v) is 5.12. The molecule has 3 fully saturated rings. The van der Waals surface area contributed by atoms with E-state index in [1.807, 2.05) is 65.6 Å². The van der Waals surface area contributed by atoms with Crippen molar-refractivity contribution in [2.45, 2.75) is 37.8 Å². The van der Waals surface area contributed by atoms with Crippen molar-refractivity contribution in [1.82, 2.24) is 9.80 Å². The van der Waals surface area contributed by atoms with Gasteiger partial charge in [0.05, 0.1) is 6.04 Å². The average Bonchev–Trinajstić information content (AvgIpc) is 3.54. The summed E-state index contributed by atoms with van der Waals surface area (Å²) < 4.78 is 0. The lowest BCUT2D eigenvalue weighted by Crippen LogP contribution is -2.51. The van der Waals surface area contributed by atoms with E-state index in [4.69, 9.17) is 0 Å². The molecular formula is C25H30N4O2. The first-order chi connectivity index (χ1) is 15.2. The van der Waals surface area contributed by atoms with Gasteiger partial charge in [0.25, 0.3) is 0 Å². The fraction of sp³-hybridized carbons (Fsp3) is 0.440. The van der Waals surface area contributed by atoms with Gasteiger partial charge in [0.1, 0.15) is 0 Å². The summed E-state index contributed by atoms with van der Waals surface area (Å²) in [6, 6.07) is 19.5. The number of fused-ring (bicyclic) bond motifs is 1. The minimum absolute atomic E-state index is 0.0458. The normalized spacial score (nSPS) is 25.7. The van der Waals surface area contributed by atoms with E-state index >= 15 is 0 Å². The Morgan fingerprint density at radius 3 is 2.16 bits per heavy atom. The van der Waals surface area contributed by atoms with E-state index in [9.17, 15) is 9.59 Å². The minimum Gasteiger partial charge on any atom is -0.325 e. The van der Waals surface area contributed by atoms with Crippen LogP contribution in [0.15, 0.2) is 60.7 Å². The first kappa shape index (κ1) is 20.1. The third-order valence-corrected chi connectivity index (χ3v) is 6.87. The van der Waals surface area contributed by atoms with Crippen molar-refractivity contribution >= 4 is 23.3 Å². The van der Waals surface area contributed by atoms with Crippen molar-refractivity contribution in [3.8, 4) is 0 Å². The van der Waals surface area contributed by atoms with E-state index in [0.717, 1.165) is 43.2 Å². The summed E-state index contributed by atoms with van der Waals surface area (Å²) in [5, 5.41) is 6.12. The lowest BCUT2D eigenvalue weighted by molar-refractivity contribution is -0.120. The minimum atomic E-state index is -0.118. The molecule has 1 aliphatic carbocycles. The number of amides is 3. The number of anilines is 2. The third-order valence-electron chi connectivity index (χ3n) is 6.87. The summed E-state index contributed by atoms with van der Waals surface area (Å²) in [7, 11) is 0. The Morgan fingerprint density at radius 2 is 1.52 bits per heavy atom. The van der Waals surface area contributed by atoms with Crippen molar-refractivity contribution in [2.75, 3.05) is 30.3 Å². The van der Waals surface area contributed by atoms with Crippen molar-refractivity contribution in [1.29, 1.82) is 0 Å². The molecule has 2 saturated heterocycles. The van der Waals surface area contributed by atoms with Gasteiger partial charge in [0.15, 0.2) is 0 Å². The van der Waals surface area contributed by atoms with Gasteiger partial charge in [-0.25, -0.2) is 4.79 Å². The smallest absolute Gasteiger partial charge is 0.321 e. The van der Waals surface area contributed by atoms with Gasteiger partial charge < -0.3 is 15.5 Å². The summed E-state index contributed by atoms with van der Waals surface area (Å²) in [6.45, 7) is 2.44. The molecule has 3 amide bonds. The molecule has 3 atom stereocenters. The van der Waals surface area contributed by atoms with Gasteiger partial charge in [0, 0.05) is 37.1 Å². The van der Waals surface area contributed by atoms with Crippen LogP contribution in [-0.2, 0) is 4.79 Å². The quantitative estimate of drug-likeness (QED) is 0.771. The van der Waals surface area contributed by atoms with E-state index < -0.39 is 0 Å². The second-order valence-electron chi connectivity index (χ2n) is 9.11. The van der Waals surface area contributed by atoms with Crippen molar-refractivity contribution in [2.24, 2.45) is 11.8 Å². The first-order valence-corrected chi connectivity index (χ1v) is 11.4. The molecule has 2 heterocycles. The maximum absolute atomic E-state index is 13.2. The Hall–Kier alpha value is -2.86. The summed E-state index contributed by atoms with van der Waals surface area (Å²) in [4.78, 5) is 30.4. The number of hydrogen-bond donors (Lipinski definition) is 2. The number of nitrogens with one attached hydrogen (secondary N) is 2. The van der Waals surface area contributed by atoms with Gasteiger partial charge >= 0.3 is 6.03 Å².